The zero-order valence-electron chi connectivity index (χ0n) is 16.4. The van der Waals surface area contributed by atoms with Crippen molar-refractivity contribution in [3.05, 3.63) is 39.6 Å². The third kappa shape index (κ3) is 3.59. The summed E-state index contributed by atoms with van der Waals surface area (Å²) < 4.78 is 30.4. The number of amides is 1. The maximum Gasteiger partial charge on any atom is 0.274 e. The van der Waals surface area contributed by atoms with Crippen molar-refractivity contribution >= 4 is 15.9 Å². The topological polar surface area (TPSA) is 110 Å². The number of nitrogens with zero attached hydrogens (tertiary/aromatic N) is 6. The summed E-state index contributed by atoms with van der Waals surface area (Å²) in [6.07, 6.45) is 0.509. The fraction of sp³-hybridized carbons (Fsp3) is 0.529. The van der Waals surface area contributed by atoms with Crippen LogP contribution < -0.4 is 5.56 Å². The van der Waals surface area contributed by atoms with Gasteiger partial charge in [-0.2, -0.15) is 14.5 Å². The molecule has 28 heavy (non-hydrogen) atoms. The molecular weight excluding hydrogens is 384 g/mol. The molecule has 2 aromatic heterocycles. The largest absolute Gasteiger partial charge is 0.336 e. The minimum atomic E-state index is -3.70. The van der Waals surface area contributed by atoms with E-state index in [1.807, 2.05) is 0 Å². The van der Waals surface area contributed by atoms with E-state index < -0.39 is 10.0 Å². The summed E-state index contributed by atoms with van der Waals surface area (Å²) >= 11 is 0. The van der Waals surface area contributed by atoms with Crippen LogP contribution in [-0.2, 0) is 24.1 Å². The van der Waals surface area contributed by atoms with Crippen LogP contribution in [0.5, 0.6) is 0 Å². The van der Waals surface area contributed by atoms with Gasteiger partial charge in [0.2, 0.25) is 10.0 Å². The molecule has 152 valence electrons. The Balaban J connectivity index is 1.80. The van der Waals surface area contributed by atoms with Gasteiger partial charge in [0.05, 0.1) is 11.4 Å². The van der Waals surface area contributed by atoms with E-state index in [1.54, 1.807) is 30.5 Å². The maximum atomic E-state index is 13.1. The predicted octanol–water partition coefficient (Wildman–Crippen LogP) is -0.333. The average molecular weight is 408 g/mol. The summed E-state index contributed by atoms with van der Waals surface area (Å²) in [4.78, 5) is 26.0. The summed E-state index contributed by atoms with van der Waals surface area (Å²) in [5.74, 6) is -0.316. The van der Waals surface area contributed by atoms with Crippen molar-refractivity contribution in [1.29, 1.82) is 0 Å². The number of hydrogen-bond acceptors (Lipinski definition) is 6. The zero-order chi connectivity index (χ0) is 20.6. The van der Waals surface area contributed by atoms with E-state index in [1.165, 1.54) is 23.5 Å². The van der Waals surface area contributed by atoms with Gasteiger partial charge in [-0.05, 0) is 26.3 Å². The highest BCUT2D eigenvalue weighted by atomic mass is 32.2. The van der Waals surface area contributed by atoms with Crippen LogP contribution in [0.1, 0.15) is 28.3 Å². The molecule has 0 saturated carbocycles. The van der Waals surface area contributed by atoms with Crippen LogP contribution in [0.4, 0.5) is 0 Å². The molecule has 3 heterocycles. The van der Waals surface area contributed by atoms with Crippen LogP contribution in [0.25, 0.3) is 0 Å². The van der Waals surface area contributed by atoms with Crippen LogP contribution >= 0.6 is 0 Å². The Morgan fingerprint density at radius 3 is 2.32 bits per heavy atom. The lowest BCUT2D eigenvalue weighted by atomic mass is 10.3. The molecule has 0 N–H and O–H groups in total. The molecule has 11 heteroatoms. The summed E-state index contributed by atoms with van der Waals surface area (Å²) in [5, 5.41) is 8.19. The molecule has 1 aliphatic rings. The van der Waals surface area contributed by atoms with Crippen molar-refractivity contribution in [2.24, 2.45) is 14.1 Å². The van der Waals surface area contributed by atoms with Crippen LogP contribution in [-0.4, -0.2) is 69.3 Å². The fourth-order valence-electron chi connectivity index (χ4n) is 3.37. The first-order chi connectivity index (χ1) is 13.1. The van der Waals surface area contributed by atoms with Crippen LogP contribution in [0, 0.1) is 13.8 Å². The number of rotatable bonds is 3. The minimum Gasteiger partial charge on any atom is -0.336 e. The highest BCUT2D eigenvalue weighted by Crippen LogP contribution is 2.24. The van der Waals surface area contributed by atoms with Crippen molar-refractivity contribution in [3.8, 4) is 0 Å². The van der Waals surface area contributed by atoms with Crippen molar-refractivity contribution in [2.75, 3.05) is 26.2 Å². The van der Waals surface area contributed by atoms with Crippen molar-refractivity contribution in [2.45, 2.75) is 25.2 Å². The van der Waals surface area contributed by atoms with Crippen LogP contribution in [0.15, 0.2) is 21.8 Å². The Bertz CT molecular complexity index is 1070. The normalized spacial score (nSPS) is 16.2. The van der Waals surface area contributed by atoms with E-state index in [9.17, 15) is 18.0 Å². The predicted molar refractivity (Wildman–Crippen MR) is 101 cm³/mol. The molecule has 0 atom stereocenters. The first-order valence-electron chi connectivity index (χ1n) is 8.97. The summed E-state index contributed by atoms with van der Waals surface area (Å²) in [5.41, 5.74) is 0.917. The lowest BCUT2D eigenvalue weighted by Crippen LogP contribution is -2.38. The van der Waals surface area contributed by atoms with E-state index in [0.29, 0.717) is 30.9 Å². The molecular formula is C17H24N6O4S. The van der Waals surface area contributed by atoms with E-state index in [2.05, 4.69) is 10.2 Å². The minimum absolute atomic E-state index is 0.164. The molecule has 0 bridgehead atoms. The molecule has 10 nitrogen and oxygen atoms in total. The third-order valence-electron chi connectivity index (χ3n) is 4.96. The molecule has 1 amide bonds. The number of aryl methyl sites for hydroxylation is 3. The molecule has 1 saturated heterocycles. The second-order valence-corrected chi connectivity index (χ2v) is 8.73. The van der Waals surface area contributed by atoms with E-state index in [0.717, 1.165) is 4.68 Å². The molecule has 0 radical (unpaired) electrons. The number of hydrogen-bond donors (Lipinski definition) is 0. The van der Waals surface area contributed by atoms with Gasteiger partial charge < -0.3 is 4.90 Å². The average Bonchev–Trinajstić information content (AvgIpc) is 2.82. The van der Waals surface area contributed by atoms with Gasteiger partial charge >= 0.3 is 0 Å². The van der Waals surface area contributed by atoms with E-state index >= 15 is 0 Å². The van der Waals surface area contributed by atoms with Gasteiger partial charge in [-0.15, -0.1) is 0 Å². The van der Waals surface area contributed by atoms with Crippen LogP contribution in [0.3, 0.4) is 0 Å². The molecule has 3 rings (SSSR count). The number of sulfonamides is 1. The van der Waals surface area contributed by atoms with Gasteiger partial charge in [-0.3, -0.25) is 14.3 Å². The molecule has 1 fully saturated rings. The number of carbonyl (C=O) groups excluding carboxylic acids is 1. The van der Waals surface area contributed by atoms with Crippen molar-refractivity contribution < 1.29 is 13.2 Å². The lowest BCUT2D eigenvalue weighted by molar-refractivity contribution is 0.0755. The Labute approximate surface area is 163 Å². The first-order valence-corrected chi connectivity index (χ1v) is 10.4. The van der Waals surface area contributed by atoms with Gasteiger partial charge in [-0.1, -0.05) is 0 Å². The zero-order valence-corrected chi connectivity index (χ0v) is 17.2. The van der Waals surface area contributed by atoms with E-state index in [-0.39, 0.29) is 35.1 Å². The smallest absolute Gasteiger partial charge is 0.274 e. The van der Waals surface area contributed by atoms with Gasteiger partial charge in [0.1, 0.15) is 10.6 Å². The van der Waals surface area contributed by atoms with Gasteiger partial charge in [-0.25, -0.2) is 13.1 Å². The van der Waals surface area contributed by atoms with Crippen LogP contribution in [0.2, 0.25) is 0 Å². The Hall–Kier alpha value is -2.53. The molecule has 0 spiro atoms. The lowest BCUT2D eigenvalue weighted by Gasteiger charge is -2.22. The Kier molecular flexibility index (Phi) is 5.39. The molecule has 1 aliphatic heterocycles. The highest BCUT2D eigenvalue weighted by molar-refractivity contribution is 7.89. The SMILES string of the molecule is Cc1nn(C)c(C)c1S(=O)(=O)N1CCCN(C(=O)c2ccc(=O)n(C)n2)CC1. The first kappa shape index (κ1) is 20.2. The third-order valence-corrected chi connectivity index (χ3v) is 7.11. The summed E-state index contributed by atoms with van der Waals surface area (Å²) in [6.45, 7) is 4.58. The molecule has 0 aromatic carbocycles. The van der Waals surface area contributed by atoms with Gasteiger partial charge in [0.25, 0.3) is 11.5 Å². The molecule has 0 aliphatic carbocycles. The Morgan fingerprint density at radius 1 is 1.00 bits per heavy atom. The highest BCUT2D eigenvalue weighted by Gasteiger charge is 2.32. The van der Waals surface area contributed by atoms with E-state index in [4.69, 9.17) is 0 Å². The second-order valence-electron chi connectivity index (χ2n) is 6.85. The van der Waals surface area contributed by atoms with Crippen molar-refractivity contribution in [3.63, 3.8) is 0 Å². The molecule has 0 unspecified atom stereocenters. The standard InChI is InChI=1S/C17H24N6O4S/c1-12-16(13(2)20(3)18-12)28(26,27)23-9-5-8-22(10-11-23)17(25)14-6-7-15(24)21(4)19-14/h6-7H,5,8-11H2,1-4H3. The van der Waals surface area contributed by atoms with Crippen molar-refractivity contribution in [1.82, 2.24) is 28.8 Å². The number of carbonyl (C=O) groups is 1. The quantitative estimate of drug-likeness (QED) is 0.688. The van der Waals surface area contributed by atoms with Gasteiger partial charge in [0, 0.05) is 46.3 Å². The summed E-state index contributed by atoms with van der Waals surface area (Å²) in [7, 11) is -0.508. The van der Waals surface area contributed by atoms with Gasteiger partial charge in [0.15, 0.2) is 0 Å². The maximum absolute atomic E-state index is 13.1. The number of aromatic nitrogens is 4. The Morgan fingerprint density at radius 2 is 1.71 bits per heavy atom. The second kappa shape index (κ2) is 7.47. The monoisotopic (exact) mass is 408 g/mol. The summed E-state index contributed by atoms with van der Waals surface area (Å²) in [6, 6.07) is 2.69. The fourth-order valence-corrected chi connectivity index (χ4v) is 5.24. The molecule has 2 aromatic rings.